The molecule has 0 aromatic heterocycles. The van der Waals surface area contributed by atoms with Crippen LogP contribution in [0.25, 0.3) is 0 Å². The molecule has 24 heavy (non-hydrogen) atoms. The quantitative estimate of drug-likeness (QED) is 0.646. The van der Waals surface area contributed by atoms with Gasteiger partial charge in [0.25, 0.3) is 0 Å². The Morgan fingerprint density at radius 3 is 2.29 bits per heavy atom. The van der Waals surface area contributed by atoms with Gasteiger partial charge in [-0.3, -0.25) is 9.59 Å². The van der Waals surface area contributed by atoms with Crippen molar-refractivity contribution < 1.29 is 14.3 Å². The van der Waals surface area contributed by atoms with Crippen LogP contribution in [0, 0.1) is 6.07 Å². The van der Waals surface area contributed by atoms with Crippen molar-refractivity contribution in [1.82, 2.24) is 0 Å². The SMILES string of the molecule is O=C(COc1ccccc1C(=O)c1[c]cccc1)c1ccccc1. The summed E-state index contributed by atoms with van der Waals surface area (Å²) < 4.78 is 5.61. The van der Waals surface area contributed by atoms with E-state index in [0.717, 1.165) is 0 Å². The minimum absolute atomic E-state index is 0.118. The van der Waals surface area contributed by atoms with Gasteiger partial charge in [0.2, 0.25) is 0 Å². The van der Waals surface area contributed by atoms with Crippen molar-refractivity contribution in [3.8, 4) is 5.75 Å². The zero-order chi connectivity index (χ0) is 16.8. The van der Waals surface area contributed by atoms with Crippen molar-refractivity contribution in [2.75, 3.05) is 6.61 Å². The van der Waals surface area contributed by atoms with E-state index < -0.39 is 0 Å². The highest BCUT2D eigenvalue weighted by atomic mass is 16.5. The Balaban J connectivity index is 1.78. The lowest BCUT2D eigenvalue weighted by Crippen LogP contribution is -2.13. The highest BCUT2D eigenvalue weighted by Gasteiger charge is 2.15. The predicted octanol–water partition coefficient (Wildman–Crippen LogP) is 3.98. The Hall–Kier alpha value is -3.20. The molecule has 0 aliphatic carbocycles. The van der Waals surface area contributed by atoms with Crippen molar-refractivity contribution in [3.05, 3.63) is 102 Å². The number of hydrogen-bond donors (Lipinski definition) is 0. The maximum absolute atomic E-state index is 12.6. The molecule has 0 saturated carbocycles. The lowest BCUT2D eigenvalue weighted by Gasteiger charge is -2.10. The molecule has 0 amide bonds. The lowest BCUT2D eigenvalue weighted by atomic mass is 10.0. The topological polar surface area (TPSA) is 43.4 Å². The van der Waals surface area contributed by atoms with Crippen LogP contribution >= 0.6 is 0 Å². The fourth-order valence-electron chi connectivity index (χ4n) is 2.31. The molecule has 3 nitrogen and oxygen atoms in total. The first-order valence-electron chi connectivity index (χ1n) is 7.57. The third kappa shape index (κ3) is 3.58. The highest BCUT2D eigenvalue weighted by Crippen LogP contribution is 2.21. The van der Waals surface area contributed by atoms with E-state index in [-0.39, 0.29) is 18.2 Å². The van der Waals surface area contributed by atoms with E-state index in [4.69, 9.17) is 4.74 Å². The van der Waals surface area contributed by atoms with Gasteiger partial charge in [0.1, 0.15) is 5.75 Å². The molecule has 0 atom stereocenters. The molecule has 0 bridgehead atoms. The molecule has 3 rings (SSSR count). The van der Waals surface area contributed by atoms with E-state index in [9.17, 15) is 9.59 Å². The Morgan fingerprint density at radius 2 is 1.54 bits per heavy atom. The molecule has 1 radical (unpaired) electrons. The number of carbonyl (C=O) groups is 2. The summed E-state index contributed by atoms with van der Waals surface area (Å²) in [7, 11) is 0. The van der Waals surface area contributed by atoms with Crippen molar-refractivity contribution in [1.29, 1.82) is 0 Å². The number of rotatable bonds is 6. The lowest BCUT2D eigenvalue weighted by molar-refractivity contribution is 0.0915. The van der Waals surface area contributed by atoms with Crippen LogP contribution in [0.1, 0.15) is 26.3 Å². The molecule has 3 aromatic rings. The second kappa shape index (κ2) is 7.38. The van der Waals surface area contributed by atoms with Crippen molar-refractivity contribution in [2.45, 2.75) is 0 Å². The second-order valence-corrected chi connectivity index (χ2v) is 5.18. The monoisotopic (exact) mass is 315 g/mol. The van der Waals surface area contributed by atoms with Crippen LogP contribution in [-0.4, -0.2) is 18.2 Å². The van der Waals surface area contributed by atoms with Crippen LogP contribution in [0.15, 0.2) is 78.9 Å². The summed E-state index contributed by atoms with van der Waals surface area (Å²) >= 11 is 0. The van der Waals surface area contributed by atoms with Crippen LogP contribution in [0.5, 0.6) is 5.75 Å². The van der Waals surface area contributed by atoms with Crippen LogP contribution < -0.4 is 4.74 Å². The molecule has 3 heteroatoms. The highest BCUT2D eigenvalue weighted by molar-refractivity contribution is 6.10. The van der Waals surface area contributed by atoms with Gasteiger partial charge in [-0.05, 0) is 18.2 Å². The fourth-order valence-corrected chi connectivity index (χ4v) is 2.31. The molecule has 0 fully saturated rings. The smallest absolute Gasteiger partial charge is 0.200 e. The summed E-state index contributed by atoms with van der Waals surface area (Å²) in [5, 5.41) is 0. The summed E-state index contributed by atoms with van der Waals surface area (Å²) in [6.07, 6.45) is 0. The maximum Gasteiger partial charge on any atom is 0.200 e. The minimum Gasteiger partial charge on any atom is -0.485 e. The van der Waals surface area contributed by atoms with Gasteiger partial charge in [-0.2, -0.15) is 0 Å². The number of carbonyl (C=O) groups excluding carboxylic acids is 2. The predicted molar refractivity (Wildman–Crippen MR) is 91.4 cm³/mol. The molecule has 0 N–H and O–H groups in total. The van der Waals surface area contributed by atoms with Crippen molar-refractivity contribution in [2.24, 2.45) is 0 Å². The summed E-state index contributed by atoms with van der Waals surface area (Å²) in [6.45, 7) is -0.118. The van der Waals surface area contributed by atoms with Gasteiger partial charge in [0, 0.05) is 11.1 Å². The maximum atomic E-state index is 12.6. The molecule has 0 aliphatic rings. The second-order valence-electron chi connectivity index (χ2n) is 5.18. The van der Waals surface area contributed by atoms with Gasteiger partial charge in [-0.1, -0.05) is 66.7 Å². The zero-order valence-corrected chi connectivity index (χ0v) is 12.9. The Labute approximate surface area is 140 Å². The van der Waals surface area contributed by atoms with E-state index in [1.54, 1.807) is 72.8 Å². The average Bonchev–Trinajstić information content (AvgIpc) is 2.67. The van der Waals surface area contributed by atoms with Crippen LogP contribution in [0.4, 0.5) is 0 Å². The van der Waals surface area contributed by atoms with Crippen LogP contribution in [0.2, 0.25) is 0 Å². The van der Waals surface area contributed by atoms with E-state index in [0.29, 0.717) is 22.4 Å². The molecule has 0 unspecified atom stereocenters. The normalized spacial score (nSPS) is 10.2. The van der Waals surface area contributed by atoms with E-state index in [1.165, 1.54) is 0 Å². The van der Waals surface area contributed by atoms with Gasteiger partial charge in [-0.25, -0.2) is 0 Å². The summed E-state index contributed by atoms with van der Waals surface area (Å²) in [5.41, 5.74) is 1.46. The Bertz CT molecular complexity index is 839. The molecule has 3 aromatic carbocycles. The molecule has 0 aliphatic heterocycles. The van der Waals surface area contributed by atoms with Gasteiger partial charge in [-0.15, -0.1) is 0 Å². The molecule has 117 valence electrons. The number of ether oxygens (including phenoxy) is 1. The number of para-hydroxylation sites is 1. The first-order valence-corrected chi connectivity index (χ1v) is 7.57. The van der Waals surface area contributed by atoms with Crippen LogP contribution in [-0.2, 0) is 0 Å². The zero-order valence-electron chi connectivity index (χ0n) is 12.9. The third-order valence-electron chi connectivity index (χ3n) is 3.54. The fraction of sp³-hybridized carbons (Fsp3) is 0.0476. The van der Waals surface area contributed by atoms with Gasteiger partial charge in [0.15, 0.2) is 18.2 Å². The minimum atomic E-state index is -0.182. The number of benzene rings is 3. The van der Waals surface area contributed by atoms with Crippen LogP contribution in [0.3, 0.4) is 0 Å². The Kier molecular flexibility index (Phi) is 4.82. The van der Waals surface area contributed by atoms with E-state index in [1.807, 2.05) is 6.07 Å². The number of Topliss-reactive ketones (excluding diaryl/α,β-unsaturated/α-hetero) is 1. The number of hydrogen-bond acceptors (Lipinski definition) is 3. The van der Waals surface area contributed by atoms with Gasteiger partial charge >= 0.3 is 0 Å². The standard InChI is InChI=1S/C21H15O3/c22-19(16-9-3-1-4-10-16)15-24-20-14-8-7-13-18(20)21(23)17-11-5-2-6-12-17/h1-11,13-14H,15H2. The van der Waals surface area contributed by atoms with Gasteiger partial charge < -0.3 is 4.74 Å². The molecule has 0 saturated heterocycles. The summed E-state index contributed by atoms with van der Waals surface area (Å²) in [6, 6.07) is 25.7. The first-order chi connectivity index (χ1) is 11.8. The van der Waals surface area contributed by atoms with Crippen molar-refractivity contribution in [3.63, 3.8) is 0 Å². The molecular formula is C21H15O3. The van der Waals surface area contributed by atoms with E-state index >= 15 is 0 Å². The molecule has 0 spiro atoms. The molecule has 0 heterocycles. The van der Waals surface area contributed by atoms with Gasteiger partial charge in [0.05, 0.1) is 5.56 Å². The summed E-state index contributed by atoms with van der Waals surface area (Å²) in [5.74, 6) is 0.0755. The molecular weight excluding hydrogens is 300 g/mol. The summed E-state index contributed by atoms with van der Waals surface area (Å²) in [4.78, 5) is 24.7. The Morgan fingerprint density at radius 1 is 0.833 bits per heavy atom. The average molecular weight is 315 g/mol. The van der Waals surface area contributed by atoms with E-state index in [2.05, 4.69) is 6.07 Å². The third-order valence-corrected chi connectivity index (χ3v) is 3.54. The first kappa shape index (κ1) is 15.7. The number of ketones is 2. The van der Waals surface area contributed by atoms with Crippen molar-refractivity contribution >= 4 is 11.6 Å². The largest absolute Gasteiger partial charge is 0.485 e.